The number of hydrogen-bond acceptors (Lipinski definition) is 5. The molecule has 19 heavy (non-hydrogen) atoms. The Hall–Kier alpha value is -1.75. The van der Waals surface area contributed by atoms with Crippen molar-refractivity contribution in [3.05, 3.63) is 36.0 Å². The number of fused-ring (bicyclic) bond motifs is 1. The fourth-order valence-electron chi connectivity index (χ4n) is 1.79. The molecule has 100 valence electrons. The number of rotatable bonds is 5. The number of pyridine rings is 1. The molecule has 2 aromatic rings. The molecule has 0 saturated carbocycles. The number of carbonyl (C=O) groups excluding carboxylic acids is 1. The molecule has 0 bridgehead atoms. The largest absolute Gasteiger partial charge is 0.506 e. The Morgan fingerprint density at radius 2 is 2.26 bits per heavy atom. The van der Waals surface area contributed by atoms with E-state index in [2.05, 4.69) is 4.98 Å². The van der Waals surface area contributed by atoms with Crippen LogP contribution >= 0.6 is 11.8 Å². The lowest BCUT2D eigenvalue weighted by atomic mass is 10.1. The van der Waals surface area contributed by atoms with Gasteiger partial charge in [0, 0.05) is 17.3 Å². The lowest BCUT2D eigenvalue weighted by molar-refractivity contribution is -0.139. The SMILES string of the molecule is CCOC(=O)CSCc1ccc(O)c2ncccc12. The molecule has 5 heteroatoms. The van der Waals surface area contributed by atoms with E-state index >= 15 is 0 Å². The van der Waals surface area contributed by atoms with Crippen molar-refractivity contribution >= 4 is 28.6 Å². The van der Waals surface area contributed by atoms with Gasteiger partial charge in [-0.25, -0.2) is 0 Å². The van der Waals surface area contributed by atoms with E-state index in [4.69, 9.17) is 4.74 Å². The second-order valence-corrected chi connectivity index (χ2v) is 4.93. The highest BCUT2D eigenvalue weighted by Crippen LogP contribution is 2.27. The molecule has 2 rings (SSSR count). The summed E-state index contributed by atoms with van der Waals surface area (Å²) in [7, 11) is 0. The highest BCUT2D eigenvalue weighted by atomic mass is 32.2. The van der Waals surface area contributed by atoms with E-state index in [0.29, 0.717) is 23.6 Å². The summed E-state index contributed by atoms with van der Waals surface area (Å²) in [6, 6.07) is 7.25. The van der Waals surface area contributed by atoms with Crippen molar-refractivity contribution in [2.75, 3.05) is 12.4 Å². The van der Waals surface area contributed by atoms with Crippen LogP contribution in [-0.2, 0) is 15.3 Å². The van der Waals surface area contributed by atoms with E-state index in [1.165, 1.54) is 11.8 Å². The standard InChI is InChI=1S/C14H15NO3S/c1-2-18-13(17)9-19-8-10-5-6-12(16)14-11(10)4-3-7-15-14/h3-7,16H,2,8-9H2,1H3. The number of esters is 1. The van der Waals surface area contributed by atoms with E-state index in [1.807, 2.05) is 18.2 Å². The first-order chi connectivity index (χ1) is 9.22. The maximum Gasteiger partial charge on any atom is 0.315 e. The molecule has 0 fully saturated rings. The van der Waals surface area contributed by atoms with E-state index in [1.54, 1.807) is 19.2 Å². The Bertz CT molecular complexity index is 586. The monoisotopic (exact) mass is 277 g/mol. The number of thioether (sulfide) groups is 1. The summed E-state index contributed by atoms with van der Waals surface area (Å²) in [5.41, 5.74) is 1.65. The molecule has 1 heterocycles. The first kappa shape index (κ1) is 13.7. The number of carbonyl (C=O) groups is 1. The van der Waals surface area contributed by atoms with Crippen LogP contribution in [0.25, 0.3) is 10.9 Å². The molecule has 4 nitrogen and oxygen atoms in total. The Morgan fingerprint density at radius 3 is 3.05 bits per heavy atom. The van der Waals surface area contributed by atoms with Gasteiger partial charge in [0.25, 0.3) is 0 Å². The Morgan fingerprint density at radius 1 is 1.42 bits per heavy atom. The zero-order valence-electron chi connectivity index (χ0n) is 10.6. The minimum Gasteiger partial charge on any atom is -0.506 e. The Labute approximate surface area is 115 Å². The van der Waals surface area contributed by atoms with Crippen molar-refractivity contribution in [2.24, 2.45) is 0 Å². The topological polar surface area (TPSA) is 59.4 Å². The van der Waals surface area contributed by atoms with Crippen molar-refractivity contribution in [3.63, 3.8) is 0 Å². The molecule has 0 aliphatic rings. The average Bonchev–Trinajstić information content (AvgIpc) is 2.42. The molecule has 0 saturated heterocycles. The van der Waals surface area contributed by atoms with Crippen molar-refractivity contribution in [1.82, 2.24) is 4.98 Å². The first-order valence-corrected chi connectivity index (χ1v) is 7.16. The number of aromatic nitrogens is 1. The molecule has 0 unspecified atom stereocenters. The molecule has 1 N–H and O–H groups in total. The maximum atomic E-state index is 11.3. The van der Waals surface area contributed by atoms with Gasteiger partial charge in [0.15, 0.2) is 0 Å². The van der Waals surface area contributed by atoms with E-state index in [9.17, 15) is 9.90 Å². The van der Waals surface area contributed by atoms with Gasteiger partial charge in [0.2, 0.25) is 0 Å². The summed E-state index contributed by atoms with van der Waals surface area (Å²) in [6.07, 6.45) is 1.65. The van der Waals surface area contributed by atoms with Crippen LogP contribution in [0.2, 0.25) is 0 Å². The molecule has 0 aliphatic carbocycles. The van der Waals surface area contributed by atoms with Crippen molar-refractivity contribution in [2.45, 2.75) is 12.7 Å². The number of hydrogen-bond donors (Lipinski definition) is 1. The fourth-order valence-corrected chi connectivity index (χ4v) is 2.61. The van der Waals surface area contributed by atoms with E-state index in [-0.39, 0.29) is 11.7 Å². The number of aromatic hydroxyl groups is 1. The van der Waals surface area contributed by atoms with Crippen LogP contribution in [-0.4, -0.2) is 28.4 Å². The summed E-state index contributed by atoms with van der Waals surface area (Å²) < 4.78 is 4.87. The molecular weight excluding hydrogens is 262 g/mol. The van der Waals surface area contributed by atoms with Crippen LogP contribution in [0.3, 0.4) is 0 Å². The first-order valence-electron chi connectivity index (χ1n) is 6.01. The number of ether oxygens (including phenoxy) is 1. The average molecular weight is 277 g/mol. The summed E-state index contributed by atoms with van der Waals surface area (Å²) in [5.74, 6) is 0.987. The van der Waals surface area contributed by atoms with E-state index in [0.717, 1.165) is 10.9 Å². The van der Waals surface area contributed by atoms with Gasteiger partial charge in [0.05, 0.1) is 12.4 Å². The Balaban J connectivity index is 2.09. The van der Waals surface area contributed by atoms with Gasteiger partial charge in [-0.3, -0.25) is 9.78 Å². The highest BCUT2D eigenvalue weighted by molar-refractivity contribution is 7.99. The predicted molar refractivity (Wildman–Crippen MR) is 76.2 cm³/mol. The van der Waals surface area contributed by atoms with Crippen LogP contribution < -0.4 is 0 Å². The van der Waals surface area contributed by atoms with Crippen molar-refractivity contribution in [1.29, 1.82) is 0 Å². The van der Waals surface area contributed by atoms with E-state index < -0.39 is 0 Å². The number of nitrogens with zero attached hydrogens (tertiary/aromatic N) is 1. The lowest BCUT2D eigenvalue weighted by Gasteiger charge is -2.07. The van der Waals surface area contributed by atoms with Gasteiger partial charge >= 0.3 is 5.97 Å². The smallest absolute Gasteiger partial charge is 0.315 e. The quantitative estimate of drug-likeness (QED) is 0.852. The van der Waals surface area contributed by atoms with Crippen LogP contribution in [0, 0.1) is 0 Å². The van der Waals surface area contributed by atoms with Crippen LogP contribution in [0.5, 0.6) is 5.75 Å². The maximum absolute atomic E-state index is 11.3. The molecule has 0 amide bonds. The van der Waals surface area contributed by atoms with Crippen LogP contribution in [0.4, 0.5) is 0 Å². The third-order valence-corrected chi connectivity index (χ3v) is 3.58. The fraction of sp³-hybridized carbons (Fsp3) is 0.286. The second kappa shape index (κ2) is 6.43. The zero-order valence-corrected chi connectivity index (χ0v) is 11.4. The number of phenolic OH excluding ortho intramolecular Hbond substituents is 1. The van der Waals surface area contributed by atoms with Crippen molar-refractivity contribution in [3.8, 4) is 5.75 Å². The third kappa shape index (κ3) is 3.38. The summed E-state index contributed by atoms with van der Waals surface area (Å²) >= 11 is 1.49. The Kier molecular flexibility index (Phi) is 4.63. The molecule has 1 aromatic heterocycles. The molecule has 0 radical (unpaired) electrons. The summed E-state index contributed by atoms with van der Waals surface area (Å²) in [6.45, 7) is 2.20. The van der Waals surface area contributed by atoms with Crippen molar-refractivity contribution < 1.29 is 14.6 Å². The minimum atomic E-state index is -0.200. The predicted octanol–water partition coefficient (Wildman–Crippen LogP) is 2.74. The number of benzene rings is 1. The highest BCUT2D eigenvalue weighted by Gasteiger charge is 2.07. The third-order valence-electron chi connectivity index (χ3n) is 2.62. The van der Waals surface area contributed by atoms with Gasteiger partial charge in [-0.15, -0.1) is 11.8 Å². The molecule has 0 aliphatic heterocycles. The van der Waals surface area contributed by atoms with Crippen LogP contribution in [0.15, 0.2) is 30.5 Å². The van der Waals surface area contributed by atoms with Gasteiger partial charge in [0.1, 0.15) is 11.3 Å². The molecule has 0 spiro atoms. The second-order valence-electron chi connectivity index (χ2n) is 3.94. The number of phenols is 1. The van der Waals surface area contributed by atoms with Gasteiger partial charge < -0.3 is 9.84 Å². The molecular formula is C14H15NO3S. The minimum absolute atomic E-state index is 0.176. The normalized spacial score (nSPS) is 10.6. The summed E-state index contributed by atoms with van der Waals surface area (Å²) in [4.78, 5) is 15.4. The summed E-state index contributed by atoms with van der Waals surface area (Å²) in [5, 5.41) is 10.7. The van der Waals surface area contributed by atoms with Gasteiger partial charge in [-0.2, -0.15) is 0 Å². The lowest BCUT2D eigenvalue weighted by Crippen LogP contribution is -2.06. The van der Waals surface area contributed by atoms with Gasteiger partial charge in [-0.1, -0.05) is 12.1 Å². The van der Waals surface area contributed by atoms with Crippen LogP contribution in [0.1, 0.15) is 12.5 Å². The van der Waals surface area contributed by atoms with Gasteiger partial charge in [-0.05, 0) is 24.6 Å². The zero-order chi connectivity index (χ0) is 13.7. The molecule has 1 aromatic carbocycles. The molecule has 0 atom stereocenters.